The summed E-state index contributed by atoms with van der Waals surface area (Å²) in [6.45, 7) is 1.37. The van der Waals surface area contributed by atoms with E-state index >= 15 is 0 Å². The quantitative estimate of drug-likeness (QED) is 0.548. The van der Waals surface area contributed by atoms with Gasteiger partial charge in [0.25, 0.3) is 10.0 Å². The molecule has 0 fully saturated rings. The number of rotatable bonds is 8. The maximum absolute atomic E-state index is 12.9. The number of hydrogen-bond donors (Lipinski definition) is 2. The first kappa shape index (κ1) is 21.7. The molecule has 0 saturated carbocycles. The smallest absolute Gasteiger partial charge is 0.264 e. The number of hydrazone groups is 1. The minimum atomic E-state index is -3.63. The molecule has 4 rings (SSSR count). The van der Waals surface area contributed by atoms with E-state index in [2.05, 4.69) is 15.8 Å². The van der Waals surface area contributed by atoms with Gasteiger partial charge in [-0.2, -0.15) is 5.10 Å². The van der Waals surface area contributed by atoms with Gasteiger partial charge >= 0.3 is 0 Å². The number of benzene rings is 3. The van der Waals surface area contributed by atoms with Crippen LogP contribution in [-0.4, -0.2) is 41.4 Å². The summed E-state index contributed by atoms with van der Waals surface area (Å²) in [7, 11) is -0.419. The Kier molecular flexibility index (Phi) is 6.32. The molecule has 1 aliphatic heterocycles. The minimum Gasteiger partial charge on any atom is -0.496 e. The van der Waals surface area contributed by atoms with Crippen molar-refractivity contribution in [1.29, 1.82) is 0 Å². The summed E-state index contributed by atoms with van der Waals surface area (Å²) < 4.78 is 32.6. The zero-order valence-electron chi connectivity index (χ0n) is 18.0. The second-order valence-electron chi connectivity index (χ2n) is 7.47. The summed E-state index contributed by atoms with van der Waals surface area (Å²) in [5.41, 5.74) is 6.45. The Hall–Kier alpha value is -3.52. The van der Waals surface area contributed by atoms with Crippen molar-refractivity contribution in [2.45, 2.75) is 4.90 Å². The molecule has 0 spiro atoms. The molecule has 32 heavy (non-hydrogen) atoms. The molecule has 3 aromatic rings. The van der Waals surface area contributed by atoms with Gasteiger partial charge in [0.2, 0.25) is 0 Å². The second-order valence-corrected chi connectivity index (χ2v) is 9.44. The van der Waals surface area contributed by atoms with Gasteiger partial charge in [-0.15, -0.1) is 0 Å². The predicted molar refractivity (Wildman–Crippen MR) is 128 cm³/mol. The van der Waals surface area contributed by atoms with Crippen molar-refractivity contribution in [3.05, 3.63) is 84.4 Å². The largest absolute Gasteiger partial charge is 0.496 e. The standard InChI is InChI=1S/C24H26N4O3S/c1-28(20-8-4-3-5-9-20)32(29,30)21-14-12-19(13-15-21)25-16-18-17-26-27-24(18)22-10-6-7-11-23(22)31-2/h3-15,18,25-26H,16-17H2,1-2H3. The van der Waals surface area contributed by atoms with Crippen LogP contribution in [0.15, 0.2) is 88.9 Å². The molecule has 0 bridgehead atoms. The lowest BCUT2D eigenvalue weighted by Crippen LogP contribution is -2.26. The number of sulfonamides is 1. The van der Waals surface area contributed by atoms with E-state index in [1.807, 2.05) is 42.5 Å². The summed E-state index contributed by atoms with van der Waals surface area (Å²) in [6.07, 6.45) is 0. The topological polar surface area (TPSA) is 83.0 Å². The molecule has 8 heteroatoms. The first-order valence-corrected chi connectivity index (χ1v) is 11.8. The van der Waals surface area contributed by atoms with Crippen molar-refractivity contribution in [3.8, 4) is 5.75 Å². The molecule has 7 nitrogen and oxygen atoms in total. The molecule has 0 amide bonds. The van der Waals surface area contributed by atoms with E-state index in [4.69, 9.17) is 4.74 Å². The highest BCUT2D eigenvalue weighted by atomic mass is 32.2. The normalized spacial score (nSPS) is 15.6. The lowest BCUT2D eigenvalue weighted by molar-refractivity contribution is 0.413. The Labute approximate surface area is 188 Å². The molecular formula is C24H26N4O3S. The molecular weight excluding hydrogens is 424 g/mol. The van der Waals surface area contributed by atoms with Gasteiger partial charge in [-0.25, -0.2) is 8.42 Å². The molecule has 1 heterocycles. The maximum Gasteiger partial charge on any atom is 0.264 e. The highest BCUT2D eigenvalue weighted by Crippen LogP contribution is 2.25. The van der Waals surface area contributed by atoms with Crippen LogP contribution >= 0.6 is 0 Å². The van der Waals surface area contributed by atoms with E-state index in [0.717, 1.165) is 22.7 Å². The molecule has 1 atom stereocenters. The Morgan fingerprint density at radius 1 is 1.03 bits per heavy atom. The highest BCUT2D eigenvalue weighted by Gasteiger charge is 2.25. The SMILES string of the molecule is COc1ccccc1C1=NNCC1CNc1ccc(S(=O)(=O)N(C)c2ccccc2)cc1. The van der Waals surface area contributed by atoms with E-state index in [-0.39, 0.29) is 10.8 Å². The number of anilines is 2. The number of hydrogen-bond acceptors (Lipinski definition) is 6. The third kappa shape index (κ3) is 4.40. The summed E-state index contributed by atoms with van der Waals surface area (Å²) >= 11 is 0. The molecule has 0 aliphatic carbocycles. The maximum atomic E-state index is 12.9. The third-order valence-corrected chi connectivity index (χ3v) is 7.29. The summed E-state index contributed by atoms with van der Waals surface area (Å²) in [5.74, 6) is 0.941. The van der Waals surface area contributed by atoms with Gasteiger partial charge in [0.05, 0.1) is 23.4 Å². The first-order valence-electron chi connectivity index (χ1n) is 10.3. The van der Waals surface area contributed by atoms with Crippen LogP contribution < -0.4 is 19.8 Å². The monoisotopic (exact) mass is 450 g/mol. The Morgan fingerprint density at radius 2 is 1.72 bits per heavy atom. The summed E-state index contributed by atoms with van der Waals surface area (Å²) in [4.78, 5) is 0.244. The molecule has 166 valence electrons. The Bertz CT molecular complexity index is 1200. The Balaban J connectivity index is 1.44. The van der Waals surface area contributed by atoms with Gasteiger partial charge in [-0.3, -0.25) is 4.31 Å². The highest BCUT2D eigenvalue weighted by molar-refractivity contribution is 7.92. The number of ether oxygens (including phenoxy) is 1. The van der Waals surface area contributed by atoms with Crippen molar-refractivity contribution in [1.82, 2.24) is 5.43 Å². The molecule has 2 N–H and O–H groups in total. The average Bonchev–Trinajstić information content (AvgIpc) is 3.31. The lowest BCUT2D eigenvalue weighted by Gasteiger charge is -2.20. The number of nitrogens with zero attached hydrogens (tertiary/aromatic N) is 2. The van der Waals surface area contributed by atoms with Crippen LogP contribution in [0.3, 0.4) is 0 Å². The fourth-order valence-electron chi connectivity index (χ4n) is 3.65. The summed E-state index contributed by atoms with van der Waals surface area (Å²) in [5, 5.41) is 7.86. The second kappa shape index (κ2) is 9.32. The lowest BCUT2D eigenvalue weighted by atomic mass is 9.96. The number of para-hydroxylation sites is 2. The average molecular weight is 451 g/mol. The van der Waals surface area contributed by atoms with E-state index in [1.54, 1.807) is 50.6 Å². The molecule has 1 aliphatic rings. The molecule has 1 unspecified atom stereocenters. The van der Waals surface area contributed by atoms with Gasteiger partial charge < -0.3 is 15.5 Å². The van der Waals surface area contributed by atoms with Crippen LogP contribution in [0.4, 0.5) is 11.4 Å². The van der Waals surface area contributed by atoms with Crippen LogP contribution in [0, 0.1) is 5.92 Å². The predicted octanol–water partition coefficient (Wildman–Crippen LogP) is 3.56. The van der Waals surface area contributed by atoms with E-state index in [0.29, 0.717) is 18.8 Å². The first-order chi connectivity index (χ1) is 15.5. The number of nitrogens with one attached hydrogen (secondary N) is 2. The Morgan fingerprint density at radius 3 is 2.44 bits per heavy atom. The van der Waals surface area contributed by atoms with Gasteiger partial charge in [0, 0.05) is 37.3 Å². The van der Waals surface area contributed by atoms with Crippen LogP contribution in [0.1, 0.15) is 5.56 Å². The molecule has 0 aromatic heterocycles. The van der Waals surface area contributed by atoms with Gasteiger partial charge in [0.1, 0.15) is 5.75 Å². The van der Waals surface area contributed by atoms with Crippen molar-refractivity contribution in [2.75, 3.05) is 36.9 Å². The molecule has 0 saturated heterocycles. The van der Waals surface area contributed by atoms with Crippen LogP contribution in [0.5, 0.6) is 5.75 Å². The minimum absolute atomic E-state index is 0.152. The van der Waals surface area contributed by atoms with E-state index < -0.39 is 10.0 Å². The zero-order valence-corrected chi connectivity index (χ0v) is 18.8. The van der Waals surface area contributed by atoms with Crippen LogP contribution in [0.25, 0.3) is 0 Å². The van der Waals surface area contributed by atoms with Crippen molar-refractivity contribution in [2.24, 2.45) is 11.0 Å². The van der Waals surface area contributed by atoms with Crippen LogP contribution in [-0.2, 0) is 10.0 Å². The fourth-order valence-corrected chi connectivity index (χ4v) is 4.85. The van der Waals surface area contributed by atoms with E-state index in [9.17, 15) is 8.42 Å². The van der Waals surface area contributed by atoms with Crippen molar-refractivity contribution < 1.29 is 13.2 Å². The zero-order chi connectivity index (χ0) is 22.6. The van der Waals surface area contributed by atoms with Gasteiger partial charge in [0.15, 0.2) is 0 Å². The third-order valence-electron chi connectivity index (χ3n) is 5.49. The van der Waals surface area contributed by atoms with E-state index in [1.165, 1.54) is 4.31 Å². The van der Waals surface area contributed by atoms with Crippen LogP contribution in [0.2, 0.25) is 0 Å². The van der Waals surface area contributed by atoms with Gasteiger partial charge in [-0.05, 0) is 48.5 Å². The fraction of sp³-hybridized carbons (Fsp3) is 0.208. The summed E-state index contributed by atoms with van der Waals surface area (Å²) in [6, 6.07) is 23.7. The van der Waals surface area contributed by atoms with Gasteiger partial charge in [-0.1, -0.05) is 30.3 Å². The van der Waals surface area contributed by atoms with Crippen molar-refractivity contribution >= 4 is 27.1 Å². The molecule has 0 radical (unpaired) electrons. The van der Waals surface area contributed by atoms with Crippen molar-refractivity contribution in [3.63, 3.8) is 0 Å². The molecule has 3 aromatic carbocycles. The number of methoxy groups -OCH3 is 1.